The molecule has 1 saturated heterocycles. The van der Waals surface area contributed by atoms with Gasteiger partial charge < -0.3 is 19.5 Å². The highest BCUT2D eigenvalue weighted by Crippen LogP contribution is 2.49. The maximum Gasteiger partial charge on any atom is 0.311 e. The van der Waals surface area contributed by atoms with Gasteiger partial charge in [0.15, 0.2) is 11.5 Å². The fourth-order valence-corrected chi connectivity index (χ4v) is 4.11. The first-order valence-corrected chi connectivity index (χ1v) is 10.1. The van der Waals surface area contributed by atoms with Gasteiger partial charge in [-0.2, -0.15) is 0 Å². The van der Waals surface area contributed by atoms with Gasteiger partial charge in [-0.05, 0) is 36.8 Å². The monoisotopic (exact) mass is 441 g/mol. The number of rotatable bonds is 3. The molecule has 8 heteroatoms. The molecule has 2 heterocycles. The summed E-state index contributed by atoms with van der Waals surface area (Å²) in [5.41, 5.74) is -0.478. The molecule has 32 heavy (non-hydrogen) atoms. The van der Waals surface area contributed by atoms with Crippen LogP contribution in [0.25, 0.3) is 0 Å². The number of β-amino-alcohol motifs (C(OH)–C–C–N with tert-alkyl or cyclic N) is 1. The van der Waals surface area contributed by atoms with Crippen molar-refractivity contribution < 1.29 is 32.5 Å². The lowest BCUT2D eigenvalue weighted by atomic mass is 9.96. The van der Waals surface area contributed by atoms with Crippen LogP contribution in [0.1, 0.15) is 27.9 Å². The predicted octanol–water partition coefficient (Wildman–Crippen LogP) is 3.98. The largest absolute Gasteiger partial charge is 0.440 e. The summed E-state index contributed by atoms with van der Waals surface area (Å²) in [7, 11) is 0. The predicted molar refractivity (Wildman–Crippen MR) is 108 cm³/mol. The van der Waals surface area contributed by atoms with E-state index >= 15 is 0 Å². The SMILES string of the molecule is O=C(c1cc2c(cc1F)OC(c1ccccc1F)(c1ccccc1F)O2)N1CC[C@H](O)C1. The fourth-order valence-electron chi connectivity index (χ4n) is 4.11. The van der Waals surface area contributed by atoms with Gasteiger partial charge in [0.25, 0.3) is 5.91 Å². The van der Waals surface area contributed by atoms with Crippen molar-refractivity contribution in [2.45, 2.75) is 18.3 Å². The van der Waals surface area contributed by atoms with E-state index < -0.39 is 35.2 Å². The zero-order valence-electron chi connectivity index (χ0n) is 16.7. The fraction of sp³-hybridized carbons (Fsp3) is 0.208. The molecule has 0 radical (unpaired) electrons. The quantitative estimate of drug-likeness (QED) is 0.668. The maximum absolute atomic E-state index is 14.9. The van der Waals surface area contributed by atoms with E-state index in [1.165, 1.54) is 47.4 Å². The first-order valence-electron chi connectivity index (χ1n) is 10.1. The lowest BCUT2D eigenvalue weighted by Gasteiger charge is -2.29. The zero-order chi connectivity index (χ0) is 22.5. The Morgan fingerprint density at radius 3 is 2.00 bits per heavy atom. The third kappa shape index (κ3) is 3.18. The van der Waals surface area contributed by atoms with Gasteiger partial charge in [-0.15, -0.1) is 0 Å². The van der Waals surface area contributed by atoms with E-state index in [0.717, 1.165) is 6.07 Å². The molecule has 1 fully saturated rings. The van der Waals surface area contributed by atoms with Crippen molar-refractivity contribution in [2.75, 3.05) is 13.1 Å². The number of halogens is 3. The number of benzene rings is 3. The molecule has 0 saturated carbocycles. The number of fused-ring (bicyclic) bond motifs is 1. The van der Waals surface area contributed by atoms with E-state index in [4.69, 9.17) is 9.47 Å². The molecule has 3 aromatic rings. The molecular weight excluding hydrogens is 423 g/mol. The highest BCUT2D eigenvalue weighted by molar-refractivity contribution is 5.95. The highest BCUT2D eigenvalue weighted by Gasteiger charge is 2.49. The van der Waals surface area contributed by atoms with Gasteiger partial charge in [0.1, 0.15) is 17.5 Å². The molecule has 5 nitrogen and oxygen atoms in total. The van der Waals surface area contributed by atoms with E-state index in [-0.39, 0.29) is 34.7 Å². The third-order valence-corrected chi connectivity index (χ3v) is 5.68. The Balaban J connectivity index is 1.61. The lowest BCUT2D eigenvalue weighted by molar-refractivity contribution is -0.0515. The number of hydrogen-bond donors (Lipinski definition) is 1. The molecule has 1 N–H and O–H groups in total. The molecule has 1 amide bonds. The summed E-state index contributed by atoms with van der Waals surface area (Å²) in [6.07, 6.45) is -0.257. The van der Waals surface area contributed by atoms with Crippen LogP contribution < -0.4 is 9.47 Å². The van der Waals surface area contributed by atoms with Crippen molar-refractivity contribution in [1.82, 2.24) is 4.90 Å². The van der Waals surface area contributed by atoms with Crippen molar-refractivity contribution in [3.05, 3.63) is 94.8 Å². The molecule has 3 aromatic carbocycles. The molecule has 0 aliphatic carbocycles. The topological polar surface area (TPSA) is 59.0 Å². The van der Waals surface area contributed by atoms with Gasteiger partial charge in [0.05, 0.1) is 22.8 Å². The van der Waals surface area contributed by atoms with Crippen molar-refractivity contribution in [3.63, 3.8) is 0 Å². The van der Waals surface area contributed by atoms with Gasteiger partial charge in [0, 0.05) is 19.2 Å². The molecule has 1 atom stereocenters. The Bertz CT molecular complexity index is 1170. The minimum absolute atomic E-state index is 0.0269. The van der Waals surface area contributed by atoms with Crippen LogP contribution in [0.4, 0.5) is 13.2 Å². The number of aliphatic hydroxyl groups excluding tert-OH is 1. The Kier molecular flexibility index (Phi) is 4.82. The summed E-state index contributed by atoms with van der Waals surface area (Å²) in [5.74, 6) is -5.04. The van der Waals surface area contributed by atoms with E-state index in [0.29, 0.717) is 13.0 Å². The van der Waals surface area contributed by atoms with E-state index in [2.05, 4.69) is 0 Å². The zero-order valence-corrected chi connectivity index (χ0v) is 16.7. The van der Waals surface area contributed by atoms with Gasteiger partial charge >= 0.3 is 5.79 Å². The molecule has 5 rings (SSSR count). The molecule has 0 unspecified atom stereocenters. The summed E-state index contributed by atoms with van der Waals surface area (Å²) in [6, 6.07) is 13.3. The first-order chi connectivity index (χ1) is 15.4. The molecular formula is C24H18F3NO4. The summed E-state index contributed by atoms with van der Waals surface area (Å²) in [5, 5.41) is 9.69. The van der Waals surface area contributed by atoms with Crippen LogP contribution in [-0.4, -0.2) is 35.1 Å². The highest BCUT2D eigenvalue weighted by atomic mass is 19.1. The van der Waals surface area contributed by atoms with Gasteiger partial charge in [-0.3, -0.25) is 4.79 Å². The van der Waals surface area contributed by atoms with E-state index in [1.807, 2.05) is 0 Å². The van der Waals surface area contributed by atoms with Crippen LogP contribution in [0.2, 0.25) is 0 Å². The van der Waals surface area contributed by atoms with Crippen molar-refractivity contribution in [3.8, 4) is 11.5 Å². The summed E-state index contributed by atoms with van der Waals surface area (Å²) in [4.78, 5) is 14.1. The number of carbonyl (C=O) groups is 1. The van der Waals surface area contributed by atoms with Crippen LogP contribution >= 0.6 is 0 Å². The van der Waals surface area contributed by atoms with Gasteiger partial charge in [0.2, 0.25) is 0 Å². The second-order valence-electron chi connectivity index (χ2n) is 7.75. The minimum atomic E-state index is -2.04. The number of nitrogens with zero attached hydrogens (tertiary/aromatic N) is 1. The Morgan fingerprint density at radius 2 is 1.47 bits per heavy atom. The smallest absolute Gasteiger partial charge is 0.311 e. The van der Waals surface area contributed by atoms with Gasteiger partial charge in [-0.1, -0.05) is 24.3 Å². The molecule has 0 bridgehead atoms. The lowest BCUT2D eigenvalue weighted by Crippen LogP contribution is -2.38. The maximum atomic E-state index is 14.9. The summed E-state index contributed by atoms with van der Waals surface area (Å²) in [6.45, 7) is 0.392. The summed E-state index contributed by atoms with van der Waals surface area (Å²) < 4.78 is 56.3. The number of aliphatic hydroxyl groups is 1. The number of amides is 1. The molecule has 0 aromatic heterocycles. The molecule has 2 aliphatic rings. The number of likely N-dealkylation sites (tertiary alicyclic amines) is 1. The molecule has 2 aliphatic heterocycles. The average Bonchev–Trinajstić information content (AvgIpc) is 3.37. The van der Waals surface area contributed by atoms with Crippen LogP contribution in [0, 0.1) is 17.5 Å². The minimum Gasteiger partial charge on any atom is -0.440 e. The number of carbonyl (C=O) groups excluding carboxylic acids is 1. The van der Waals surface area contributed by atoms with Crippen molar-refractivity contribution in [2.24, 2.45) is 0 Å². The number of ether oxygens (including phenoxy) is 2. The molecule has 0 spiro atoms. The van der Waals surface area contributed by atoms with Crippen LogP contribution in [0.5, 0.6) is 11.5 Å². The van der Waals surface area contributed by atoms with Crippen LogP contribution in [0.15, 0.2) is 60.7 Å². The average molecular weight is 441 g/mol. The van der Waals surface area contributed by atoms with Gasteiger partial charge in [-0.25, -0.2) is 13.2 Å². The second kappa shape index (κ2) is 7.56. The van der Waals surface area contributed by atoms with Crippen molar-refractivity contribution >= 4 is 5.91 Å². The summed E-state index contributed by atoms with van der Waals surface area (Å²) >= 11 is 0. The number of hydrogen-bond acceptors (Lipinski definition) is 4. The Labute approximate surface area is 181 Å². The van der Waals surface area contributed by atoms with Crippen molar-refractivity contribution in [1.29, 1.82) is 0 Å². The Morgan fingerprint density at radius 1 is 0.906 bits per heavy atom. The van der Waals surface area contributed by atoms with Crippen LogP contribution in [0.3, 0.4) is 0 Å². The molecule has 164 valence electrons. The second-order valence-corrected chi connectivity index (χ2v) is 7.75. The normalized spacial score (nSPS) is 18.8. The van der Waals surface area contributed by atoms with E-state index in [9.17, 15) is 23.1 Å². The Hall–Kier alpha value is -3.52. The van der Waals surface area contributed by atoms with E-state index in [1.54, 1.807) is 12.1 Å². The standard InChI is InChI=1S/C24H18F3NO4/c25-18-7-3-1-5-16(18)24(17-6-2-4-8-19(17)26)31-21-11-15(20(27)12-22(21)32-24)23(30)28-10-9-14(29)13-28/h1-8,11-12,14,29H,9-10,13H2/t14-/m0/s1. The first kappa shape index (κ1) is 20.4. The van der Waals surface area contributed by atoms with Crippen LogP contribution in [-0.2, 0) is 5.79 Å². The third-order valence-electron chi connectivity index (χ3n) is 5.68.